The van der Waals surface area contributed by atoms with Crippen molar-refractivity contribution in [2.24, 2.45) is 0 Å². The second-order valence-corrected chi connectivity index (χ2v) is 11.5. The quantitative estimate of drug-likeness (QED) is 0.252. The van der Waals surface area contributed by atoms with E-state index in [1.807, 2.05) is 0 Å². The Hall–Kier alpha value is -5.28. The number of nitrogens with two attached hydrogens (primary N) is 1. The number of halogens is 4. The summed E-state index contributed by atoms with van der Waals surface area (Å²) in [6.07, 6.45) is -6.22. The summed E-state index contributed by atoms with van der Waals surface area (Å²) >= 11 is 0. The van der Waals surface area contributed by atoms with Gasteiger partial charge in [0.2, 0.25) is 11.8 Å². The van der Waals surface area contributed by atoms with Gasteiger partial charge >= 0.3 is 12.3 Å². The molecular weight excluding hydrogens is 614 g/mol. The monoisotopic (exact) mass is 643 g/mol. The van der Waals surface area contributed by atoms with Gasteiger partial charge in [0.25, 0.3) is 5.56 Å². The Labute approximate surface area is 259 Å². The highest BCUT2D eigenvalue weighted by Crippen LogP contribution is 2.34. The average Bonchev–Trinajstić information content (AvgIpc) is 3.37. The van der Waals surface area contributed by atoms with Crippen LogP contribution in [0.5, 0.6) is 11.6 Å². The molecule has 1 aliphatic heterocycles. The first-order valence-corrected chi connectivity index (χ1v) is 14.0. The van der Waals surface area contributed by atoms with Crippen LogP contribution in [0, 0.1) is 0 Å². The molecule has 0 bridgehead atoms. The molecule has 3 heterocycles. The molecule has 0 spiro atoms. The lowest BCUT2D eigenvalue weighted by Crippen LogP contribution is -2.47. The number of carbonyl (C=O) groups is 2. The zero-order valence-electron chi connectivity index (χ0n) is 24.8. The minimum Gasteiger partial charge on any atom is -0.444 e. The molecule has 46 heavy (non-hydrogen) atoms. The number of rotatable bonds is 6. The number of likely N-dealkylation sites (tertiary alicyclic amines) is 1. The van der Waals surface area contributed by atoms with Crippen molar-refractivity contribution in [3.63, 3.8) is 0 Å². The van der Waals surface area contributed by atoms with Gasteiger partial charge in [0.15, 0.2) is 11.6 Å². The van der Waals surface area contributed by atoms with Crippen molar-refractivity contribution in [3.8, 4) is 22.9 Å². The van der Waals surface area contributed by atoms with E-state index < -0.39 is 53.7 Å². The fourth-order valence-electron chi connectivity index (χ4n) is 4.86. The number of H-pyrrole nitrogens is 1. The number of para-hydroxylation sites is 1. The number of nitrogens with one attached hydrogen (secondary N) is 2. The maximum atomic E-state index is 14.3. The third-order valence-corrected chi connectivity index (χ3v) is 6.91. The zero-order valence-corrected chi connectivity index (χ0v) is 24.8. The lowest BCUT2D eigenvalue weighted by Gasteiger charge is -2.27. The van der Waals surface area contributed by atoms with E-state index in [1.165, 1.54) is 12.1 Å². The molecule has 2 amide bonds. The van der Waals surface area contributed by atoms with Crippen molar-refractivity contribution in [3.05, 3.63) is 70.3 Å². The highest BCUT2D eigenvalue weighted by Gasteiger charge is 2.41. The molecule has 0 radical (unpaired) electrons. The van der Waals surface area contributed by atoms with Gasteiger partial charge in [0.05, 0.1) is 23.3 Å². The van der Waals surface area contributed by atoms with E-state index in [0.29, 0.717) is 5.52 Å². The molecule has 1 aliphatic rings. The van der Waals surface area contributed by atoms with Gasteiger partial charge in [-0.1, -0.05) is 12.1 Å². The molecule has 1 fully saturated rings. The number of fused-ring (bicyclic) bond motifs is 1. The van der Waals surface area contributed by atoms with Crippen LogP contribution in [0.4, 0.5) is 28.2 Å². The fraction of sp³-hybridized carbons (Fsp3) is 0.333. The molecule has 242 valence electrons. The van der Waals surface area contributed by atoms with Gasteiger partial charge in [-0.05, 0) is 50.6 Å². The largest absolute Gasteiger partial charge is 0.444 e. The summed E-state index contributed by atoms with van der Waals surface area (Å²) in [5.74, 6) is -0.867. The van der Waals surface area contributed by atoms with Crippen molar-refractivity contribution in [1.82, 2.24) is 30.2 Å². The number of alkyl halides is 4. The van der Waals surface area contributed by atoms with Gasteiger partial charge < -0.3 is 25.5 Å². The van der Waals surface area contributed by atoms with Crippen molar-refractivity contribution >= 4 is 28.9 Å². The highest BCUT2D eigenvalue weighted by atomic mass is 19.4. The molecule has 2 aromatic carbocycles. The molecule has 4 aromatic rings. The van der Waals surface area contributed by atoms with Crippen molar-refractivity contribution < 1.29 is 36.6 Å². The Bertz CT molecular complexity index is 1860. The first kappa shape index (κ1) is 32.1. The molecule has 5 rings (SSSR count). The second-order valence-electron chi connectivity index (χ2n) is 11.5. The molecule has 16 heteroatoms. The first-order chi connectivity index (χ1) is 21.6. The number of amides is 2. The minimum absolute atomic E-state index is 0.00750. The van der Waals surface area contributed by atoms with E-state index >= 15 is 0 Å². The van der Waals surface area contributed by atoms with Crippen LogP contribution >= 0.6 is 0 Å². The summed E-state index contributed by atoms with van der Waals surface area (Å²) in [6.45, 7) is 4.10. The van der Waals surface area contributed by atoms with Gasteiger partial charge in [-0.3, -0.25) is 14.5 Å². The molecule has 2 aromatic heterocycles. The van der Waals surface area contributed by atoms with Crippen molar-refractivity contribution in [1.29, 1.82) is 0 Å². The summed E-state index contributed by atoms with van der Waals surface area (Å²) in [5, 5.41) is 2.54. The lowest BCUT2D eigenvalue weighted by atomic mass is 10.0. The van der Waals surface area contributed by atoms with Crippen LogP contribution in [0.1, 0.15) is 38.3 Å². The van der Waals surface area contributed by atoms with E-state index in [1.54, 1.807) is 39.0 Å². The standard InChI is InChI=1S/C30H29F4N7O5/c1-29(2,3)46-28(44)41-13-17(31)10-21(41)26(42)36-12-15-9-16(30(32,33)34)7-8-18(15)20-11-23(38-14-37-20)45-22-6-4-5-19-24(22)40-25(35)27(43)39-19/h4-9,11,14,17,21H,10,12-13H2,1-3H3,(H2,35,40)(H,36,42)(H,39,43)/t17-,21+/m1/s1. The zero-order chi connectivity index (χ0) is 33.4. The molecular formula is C30H29F4N7O5. The summed E-state index contributed by atoms with van der Waals surface area (Å²) in [5.41, 5.74) is 4.20. The Balaban J connectivity index is 1.42. The molecule has 0 unspecified atom stereocenters. The van der Waals surface area contributed by atoms with E-state index in [2.05, 4.69) is 25.3 Å². The molecule has 4 N–H and O–H groups in total. The first-order valence-electron chi connectivity index (χ1n) is 14.0. The lowest BCUT2D eigenvalue weighted by molar-refractivity contribution is -0.137. The Morgan fingerprint density at radius 3 is 2.61 bits per heavy atom. The predicted octanol–water partition coefficient (Wildman–Crippen LogP) is 4.74. The average molecular weight is 644 g/mol. The maximum Gasteiger partial charge on any atom is 0.416 e. The third kappa shape index (κ3) is 7.16. The molecule has 2 atom stereocenters. The minimum atomic E-state index is -4.69. The number of hydrogen-bond donors (Lipinski definition) is 3. The number of aromatic nitrogens is 4. The molecule has 0 saturated carbocycles. The highest BCUT2D eigenvalue weighted by molar-refractivity contribution is 5.86. The topological polar surface area (TPSA) is 165 Å². The van der Waals surface area contributed by atoms with Gasteiger partial charge in [-0.2, -0.15) is 13.2 Å². The van der Waals surface area contributed by atoms with Crippen LogP contribution in [-0.4, -0.2) is 61.2 Å². The summed E-state index contributed by atoms with van der Waals surface area (Å²) in [4.78, 5) is 53.5. The van der Waals surface area contributed by atoms with Crippen LogP contribution in [0.25, 0.3) is 22.3 Å². The SMILES string of the molecule is CC(C)(C)OC(=O)N1C[C@H](F)C[C@H]1C(=O)NCc1cc(C(F)(F)F)ccc1-c1cc(Oc2cccc3[nH]c(=O)c(N)nc23)ncn1. The Morgan fingerprint density at radius 1 is 1.13 bits per heavy atom. The number of nitrogens with zero attached hydrogens (tertiary/aromatic N) is 4. The number of nitrogen functional groups attached to an aromatic ring is 1. The summed E-state index contributed by atoms with van der Waals surface area (Å²) in [6, 6.07) is 7.82. The Morgan fingerprint density at radius 2 is 1.89 bits per heavy atom. The molecule has 1 saturated heterocycles. The third-order valence-electron chi connectivity index (χ3n) is 6.91. The normalized spacial score (nSPS) is 16.8. The number of anilines is 1. The number of carbonyl (C=O) groups excluding carboxylic acids is 2. The number of ether oxygens (including phenoxy) is 2. The maximum absolute atomic E-state index is 14.3. The Kier molecular flexibility index (Phi) is 8.56. The smallest absolute Gasteiger partial charge is 0.416 e. The van der Waals surface area contributed by atoms with E-state index in [9.17, 15) is 31.9 Å². The summed E-state index contributed by atoms with van der Waals surface area (Å²) in [7, 11) is 0. The van der Waals surface area contributed by atoms with Crippen molar-refractivity contribution in [2.75, 3.05) is 12.3 Å². The number of hydrogen-bond acceptors (Lipinski definition) is 9. The van der Waals surface area contributed by atoms with E-state index in [-0.39, 0.29) is 52.8 Å². The second kappa shape index (κ2) is 12.3. The molecule has 0 aliphatic carbocycles. The van der Waals surface area contributed by atoms with Gasteiger partial charge in [-0.25, -0.2) is 24.1 Å². The predicted molar refractivity (Wildman–Crippen MR) is 157 cm³/mol. The van der Waals surface area contributed by atoms with E-state index in [4.69, 9.17) is 15.2 Å². The van der Waals surface area contributed by atoms with Crippen LogP contribution in [-0.2, 0) is 22.3 Å². The summed E-state index contributed by atoms with van der Waals surface area (Å²) < 4.78 is 66.6. The van der Waals surface area contributed by atoms with Gasteiger partial charge in [0, 0.05) is 24.6 Å². The van der Waals surface area contributed by atoms with Crippen LogP contribution in [0.15, 0.2) is 53.6 Å². The fourth-order valence-corrected chi connectivity index (χ4v) is 4.86. The van der Waals surface area contributed by atoms with E-state index in [0.717, 1.165) is 23.4 Å². The van der Waals surface area contributed by atoms with Crippen LogP contribution < -0.4 is 21.3 Å². The number of benzene rings is 2. The van der Waals surface area contributed by atoms with Crippen LogP contribution in [0.2, 0.25) is 0 Å². The molecule has 12 nitrogen and oxygen atoms in total. The van der Waals surface area contributed by atoms with Crippen LogP contribution in [0.3, 0.4) is 0 Å². The number of aromatic amines is 1. The van der Waals surface area contributed by atoms with Crippen molar-refractivity contribution in [2.45, 2.75) is 57.7 Å². The van der Waals surface area contributed by atoms with Gasteiger partial charge in [-0.15, -0.1) is 0 Å². The van der Waals surface area contributed by atoms with Gasteiger partial charge in [0.1, 0.15) is 29.7 Å².